The van der Waals surface area contributed by atoms with Gasteiger partial charge in [0.05, 0.1) is 6.61 Å². The summed E-state index contributed by atoms with van der Waals surface area (Å²) >= 11 is 1.44. The second-order valence-corrected chi connectivity index (χ2v) is 5.12. The molecular formula is C14H20FNO2S. The van der Waals surface area contributed by atoms with Crippen LogP contribution in [-0.4, -0.2) is 30.9 Å². The quantitative estimate of drug-likeness (QED) is 0.589. The molecular weight excluding hydrogens is 265 g/mol. The Balaban J connectivity index is 2.54. The van der Waals surface area contributed by atoms with Crippen LogP contribution in [0.2, 0.25) is 0 Å². The molecule has 1 atom stereocenters. The molecule has 0 aliphatic carbocycles. The van der Waals surface area contributed by atoms with Crippen molar-refractivity contribution in [3.63, 3.8) is 0 Å². The summed E-state index contributed by atoms with van der Waals surface area (Å²) in [6, 6.07) is 6.01. The number of esters is 1. The first-order valence-corrected chi connectivity index (χ1v) is 7.44. The molecule has 0 aliphatic heterocycles. The Morgan fingerprint density at radius 3 is 2.89 bits per heavy atom. The van der Waals surface area contributed by atoms with E-state index in [-0.39, 0.29) is 17.8 Å². The van der Waals surface area contributed by atoms with E-state index in [0.717, 1.165) is 17.9 Å². The lowest BCUT2D eigenvalue weighted by Gasteiger charge is -2.16. The maximum atomic E-state index is 13.1. The minimum Gasteiger partial charge on any atom is -0.465 e. The first-order chi connectivity index (χ1) is 9.17. The molecule has 0 saturated carbocycles. The van der Waals surface area contributed by atoms with Gasteiger partial charge in [0.25, 0.3) is 0 Å². The minimum atomic E-state index is -0.354. The second-order valence-electron chi connectivity index (χ2n) is 4.03. The van der Waals surface area contributed by atoms with Crippen LogP contribution in [0.15, 0.2) is 29.2 Å². The highest BCUT2D eigenvalue weighted by Gasteiger charge is 2.19. The molecule has 0 aliphatic rings. The molecule has 0 bridgehead atoms. The number of ether oxygens (including phenoxy) is 1. The van der Waals surface area contributed by atoms with Crippen molar-refractivity contribution in [2.45, 2.75) is 31.2 Å². The first-order valence-electron chi connectivity index (χ1n) is 6.45. The number of carbonyl (C=O) groups excluding carboxylic acids is 1. The van der Waals surface area contributed by atoms with E-state index < -0.39 is 0 Å². The lowest BCUT2D eigenvalue weighted by atomic mass is 10.3. The van der Waals surface area contributed by atoms with E-state index in [1.807, 2.05) is 13.0 Å². The molecule has 3 nitrogen and oxygen atoms in total. The molecule has 1 unspecified atom stereocenters. The maximum absolute atomic E-state index is 13.1. The van der Waals surface area contributed by atoms with Crippen molar-refractivity contribution in [3.8, 4) is 0 Å². The summed E-state index contributed by atoms with van der Waals surface area (Å²) in [4.78, 5) is 12.6. The number of rotatable bonds is 8. The predicted molar refractivity (Wildman–Crippen MR) is 75.8 cm³/mol. The van der Waals surface area contributed by atoms with E-state index in [1.54, 1.807) is 13.0 Å². The SMILES string of the molecule is CCCNC(CSc1cccc(F)c1)C(=O)OCC. The molecule has 19 heavy (non-hydrogen) atoms. The smallest absolute Gasteiger partial charge is 0.323 e. The molecule has 0 radical (unpaired) electrons. The van der Waals surface area contributed by atoms with Crippen LogP contribution in [0, 0.1) is 5.82 Å². The van der Waals surface area contributed by atoms with Crippen molar-refractivity contribution in [1.82, 2.24) is 5.32 Å². The van der Waals surface area contributed by atoms with Gasteiger partial charge in [-0.1, -0.05) is 13.0 Å². The fourth-order valence-electron chi connectivity index (χ4n) is 1.51. The summed E-state index contributed by atoms with van der Waals surface area (Å²) in [5, 5.41) is 3.15. The monoisotopic (exact) mass is 285 g/mol. The van der Waals surface area contributed by atoms with Crippen molar-refractivity contribution < 1.29 is 13.9 Å². The molecule has 0 amide bonds. The highest BCUT2D eigenvalue weighted by molar-refractivity contribution is 7.99. The van der Waals surface area contributed by atoms with E-state index >= 15 is 0 Å². The van der Waals surface area contributed by atoms with Crippen molar-refractivity contribution in [3.05, 3.63) is 30.1 Å². The van der Waals surface area contributed by atoms with Crippen LogP contribution in [0.4, 0.5) is 4.39 Å². The summed E-state index contributed by atoms with van der Waals surface area (Å²) in [7, 11) is 0. The van der Waals surface area contributed by atoms with Gasteiger partial charge in [-0.2, -0.15) is 0 Å². The second kappa shape index (κ2) is 8.93. The highest BCUT2D eigenvalue weighted by atomic mass is 32.2. The molecule has 1 rings (SSSR count). The number of nitrogens with one attached hydrogen (secondary N) is 1. The molecule has 1 aromatic rings. The molecule has 0 aromatic heterocycles. The van der Waals surface area contributed by atoms with Gasteiger partial charge >= 0.3 is 5.97 Å². The zero-order chi connectivity index (χ0) is 14.1. The normalized spacial score (nSPS) is 12.2. The van der Waals surface area contributed by atoms with Gasteiger partial charge in [0.15, 0.2) is 0 Å². The fourth-order valence-corrected chi connectivity index (χ4v) is 2.49. The number of benzene rings is 1. The van der Waals surface area contributed by atoms with Crippen molar-refractivity contribution >= 4 is 17.7 Å². The zero-order valence-corrected chi connectivity index (χ0v) is 12.1. The Morgan fingerprint density at radius 1 is 1.47 bits per heavy atom. The van der Waals surface area contributed by atoms with Gasteiger partial charge in [0.1, 0.15) is 11.9 Å². The van der Waals surface area contributed by atoms with Crippen molar-refractivity contribution in [2.75, 3.05) is 18.9 Å². The molecule has 1 N–H and O–H groups in total. The van der Waals surface area contributed by atoms with Crippen LogP contribution < -0.4 is 5.32 Å². The minimum absolute atomic E-state index is 0.250. The third kappa shape index (κ3) is 6.07. The summed E-state index contributed by atoms with van der Waals surface area (Å²) < 4.78 is 18.1. The summed E-state index contributed by atoms with van der Waals surface area (Å²) in [6.45, 7) is 4.95. The first kappa shape index (κ1) is 16.0. The fraction of sp³-hybridized carbons (Fsp3) is 0.500. The number of hydrogen-bond acceptors (Lipinski definition) is 4. The van der Waals surface area contributed by atoms with Crippen molar-refractivity contribution in [1.29, 1.82) is 0 Å². The standard InChI is InChI=1S/C14H20FNO2S/c1-3-8-16-13(14(17)18-4-2)10-19-12-7-5-6-11(15)9-12/h5-7,9,13,16H,3-4,8,10H2,1-2H3. The third-order valence-corrected chi connectivity index (χ3v) is 3.51. The van der Waals surface area contributed by atoms with E-state index in [2.05, 4.69) is 5.32 Å². The Hall–Kier alpha value is -1.07. The van der Waals surface area contributed by atoms with E-state index in [9.17, 15) is 9.18 Å². The molecule has 0 saturated heterocycles. The lowest BCUT2D eigenvalue weighted by Crippen LogP contribution is -2.40. The largest absolute Gasteiger partial charge is 0.465 e. The van der Waals surface area contributed by atoms with Crippen LogP contribution >= 0.6 is 11.8 Å². The Labute approximate surface area is 117 Å². The van der Waals surface area contributed by atoms with Crippen LogP contribution in [0.25, 0.3) is 0 Å². The molecule has 5 heteroatoms. The molecule has 0 fully saturated rings. The Kier molecular flexibility index (Phi) is 7.52. The number of thioether (sulfide) groups is 1. The van der Waals surface area contributed by atoms with Gasteiger partial charge in [-0.3, -0.25) is 4.79 Å². The van der Waals surface area contributed by atoms with E-state index in [1.165, 1.54) is 23.9 Å². The predicted octanol–water partition coefficient (Wildman–Crippen LogP) is 2.85. The molecule has 0 spiro atoms. The molecule has 106 valence electrons. The number of hydrogen-bond donors (Lipinski definition) is 1. The van der Waals surface area contributed by atoms with Crippen molar-refractivity contribution in [2.24, 2.45) is 0 Å². The maximum Gasteiger partial charge on any atom is 0.323 e. The van der Waals surface area contributed by atoms with E-state index in [0.29, 0.717) is 12.4 Å². The van der Waals surface area contributed by atoms with Crippen LogP contribution in [-0.2, 0) is 9.53 Å². The number of halogens is 1. The van der Waals surface area contributed by atoms with Gasteiger partial charge in [0, 0.05) is 10.6 Å². The number of carbonyl (C=O) groups is 1. The highest BCUT2D eigenvalue weighted by Crippen LogP contribution is 2.19. The Bertz CT molecular complexity index is 401. The van der Waals surface area contributed by atoms with Gasteiger partial charge in [-0.05, 0) is 38.1 Å². The molecule has 0 heterocycles. The van der Waals surface area contributed by atoms with Gasteiger partial charge in [0.2, 0.25) is 0 Å². The average Bonchev–Trinajstić information content (AvgIpc) is 2.39. The Morgan fingerprint density at radius 2 is 2.26 bits per heavy atom. The summed E-state index contributed by atoms with van der Waals surface area (Å²) in [6.07, 6.45) is 0.945. The summed E-state index contributed by atoms with van der Waals surface area (Å²) in [5.41, 5.74) is 0. The van der Waals surface area contributed by atoms with Crippen LogP contribution in [0.5, 0.6) is 0 Å². The summed E-state index contributed by atoms with van der Waals surface area (Å²) in [5.74, 6) is 0.0153. The molecule has 1 aromatic carbocycles. The van der Waals surface area contributed by atoms with Gasteiger partial charge in [-0.15, -0.1) is 11.8 Å². The van der Waals surface area contributed by atoms with Gasteiger partial charge < -0.3 is 10.1 Å². The lowest BCUT2D eigenvalue weighted by molar-refractivity contribution is -0.144. The van der Waals surface area contributed by atoms with Crippen LogP contribution in [0.3, 0.4) is 0 Å². The average molecular weight is 285 g/mol. The van der Waals surface area contributed by atoms with E-state index in [4.69, 9.17) is 4.74 Å². The van der Waals surface area contributed by atoms with Crippen LogP contribution in [0.1, 0.15) is 20.3 Å². The topological polar surface area (TPSA) is 38.3 Å². The third-order valence-electron chi connectivity index (χ3n) is 2.42. The zero-order valence-electron chi connectivity index (χ0n) is 11.3. The van der Waals surface area contributed by atoms with Gasteiger partial charge in [-0.25, -0.2) is 4.39 Å².